The highest BCUT2D eigenvalue weighted by molar-refractivity contribution is 5.35. The molecule has 1 saturated carbocycles. The largest absolute Gasteiger partial charge is 0.492 e. The van der Waals surface area contributed by atoms with Crippen molar-refractivity contribution in [1.29, 1.82) is 0 Å². The molecule has 6 heteroatoms. The number of nitrogens with one attached hydrogen (secondary N) is 1. The molecule has 1 aromatic carbocycles. The van der Waals surface area contributed by atoms with Crippen molar-refractivity contribution in [2.45, 2.75) is 18.9 Å². The van der Waals surface area contributed by atoms with Gasteiger partial charge in [0.15, 0.2) is 0 Å². The van der Waals surface area contributed by atoms with E-state index in [0.717, 1.165) is 12.8 Å². The molecule has 1 unspecified atom stereocenters. The molecule has 1 aromatic rings. The predicted octanol–water partition coefficient (Wildman–Crippen LogP) is 1.33. The number of hydrogen-bond acceptors (Lipinski definition) is 5. The third-order valence-corrected chi connectivity index (χ3v) is 3.11. The molecular formula is C13H18N2O4. The van der Waals surface area contributed by atoms with E-state index in [2.05, 4.69) is 5.32 Å². The Morgan fingerprint density at radius 2 is 2.11 bits per heavy atom. The number of benzene rings is 1. The van der Waals surface area contributed by atoms with E-state index in [4.69, 9.17) is 4.74 Å². The Balaban J connectivity index is 1.60. The Morgan fingerprint density at radius 3 is 2.68 bits per heavy atom. The zero-order valence-electron chi connectivity index (χ0n) is 10.6. The Kier molecular flexibility index (Phi) is 4.70. The third-order valence-electron chi connectivity index (χ3n) is 3.11. The second kappa shape index (κ2) is 6.49. The summed E-state index contributed by atoms with van der Waals surface area (Å²) in [5.74, 6) is 1.08. The van der Waals surface area contributed by atoms with Gasteiger partial charge in [-0.15, -0.1) is 0 Å². The van der Waals surface area contributed by atoms with Crippen molar-refractivity contribution >= 4 is 5.69 Å². The van der Waals surface area contributed by atoms with E-state index < -0.39 is 4.92 Å². The average Bonchev–Trinajstić information content (AvgIpc) is 3.23. The molecule has 104 valence electrons. The van der Waals surface area contributed by atoms with Crippen molar-refractivity contribution in [2.75, 3.05) is 19.7 Å². The molecule has 1 atom stereocenters. The molecule has 0 aliphatic heterocycles. The first-order valence-corrected chi connectivity index (χ1v) is 6.43. The summed E-state index contributed by atoms with van der Waals surface area (Å²) < 4.78 is 5.43. The van der Waals surface area contributed by atoms with Crippen molar-refractivity contribution in [3.63, 3.8) is 0 Å². The first-order valence-electron chi connectivity index (χ1n) is 6.43. The molecule has 0 spiro atoms. The molecule has 0 heterocycles. The maximum absolute atomic E-state index is 10.5. The topological polar surface area (TPSA) is 84.6 Å². The molecule has 0 saturated heterocycles. The minimum absolute atomic E-state index is 0.0537. The van der Waals surface area contributed by atoms with Gasteiger partial charge in [-0.25, -0.2) is 0 Å². The predicted molar refractivity (Wildman–Crippen MR) is 70.2 cm³/mol. The van der Waals surface area contributed by atoms with Crippen molar-refractivity contribution in [3.05, 3.63) is 34.4 Å². The lowest BCUT2D eigenvalue weighted by atomic mass is 10.2. The van der Waals surface area contributed by atoms with Crippen LogP contribution < -0.4 is 10.1 Å². The Hall–Kier alpha value is -1.66. The Labute approximate surface area is 111 Å². The highest BCUT2D eigenvalue weighted by atomic mass is 16.6. The monoisotopic (exact) mass is 266 g/mol. The number of ether oxygens (including phenoxy) is 1. The number of nitrogens with zero attached hydrogens (tertiary/aromatic N) is 1. The van der Waals surface area contributed by atoms with E-state index in [1.54, 1.807) is 12.1 Å². The first-order chi connectivity index (χ1) is 9.16. The molecule has 1 fully saturated rings. The second-order valence-corrected chi connectivity index (χ2v) is 4.71. The number of non-ortho nitro benzene ring substituents is 1. The minimum Gasteiger partial charge on any atom is -0.492 e. The van der Waals surface area contributed by atoms with Gasteiger partial charge in [-0.3, -0.25) is 10.1 Å². The van der Waals surface area contributed by atoms with Gasteiger partial charge in [0, 0.05) is 25.2 Å². The van der Waals surface area contributed by atoms with Crippen molar-refractivity contribution in [3.8, 4) is 5.75 Å². The van der Waals surface area contributed by atoms with Crippen LogP contribution in [0.5, 0.6) is 5.75 Å². The molecule has 0 aromatic heterocycles. The summed E-state index contributed by atoms with van der Waals surface area (Å²) >= 11 is 0. The molecule has 1 aliphatic rings. The van der Waals surface area contributed by atoms with Gasteiger partial charge in [-0.05, 0) is 30.9 Å². The standard InChI is InChI=1S/C13H18N2O4/c16-13(10-1-2-10)9-14-7-8-19-12-5-3-11(4-6-12)15(17)18/h3-6,10,13-14,16H,1-2,7-9H2. The van der Waals surface area contributed by atoms with Crippen LogP contribution in [0.1, 0.15) is 12.8 Å². The van der Waals surface area contributed by atoms with Crippen molar-refractivity contribution in [2.24, 2.45) is 5.92 Å². The summed E-state index contributed by atoms with van der Waals surface area (Å²) in [7, 11) is 0. The third kappa shape index (κ3) is 4.50. The molecule has 2 N–H and O–H groups in total. The highest BCUT2D eigenvalue weighted by Gasteiger charge is 2.28. The lowest BCUT2D eigenvalue weighted by molar-refractivity contribution is -0.384. The molecule has 0 bridgehead atoms. The van der Waals surface area contributed by atoms with Gasteiger partial charge >= 0.3 is 0 Å². The number of hydrogen-bond donors (Lipinski definition) is 2. The van der Waals surface area contributed by atoms with Crippen molar-refractivity contribution < 1.29 is 14.8 Å². The quantitative estimate of drug-likeness (QED) is 0.421. The lowest BCUT2D eigenvalue weighted by Crippen LogP contribution is -2.31. The van der Waals surface area contributed by atoms with E-state index in [-0.39, 0.29) is 11.8 Å². The molecule has 6 nitrogen and oxygen atoms in total. The fourth-order valence-corrected chi connectivity index (χ4v) is 1.80. The summed E-state index contributed by atoms with van der Waals surface area (Å²) in [6.45, 7) is 1.70. The maximum atomic E-state index is 10.5. The zero-order chi connectivity index (χ0) is 13.7. The normalized spacial score (nSPS) is 16.1. The van der Waals surface area contributed by atoms with Crippen LogP contribution in [0, 0.1) is 16.0 Å². The number of nitro benzene ring substituents is 1. The number of aliphatic hydroxyl groups excluding tert-OH is 1. The fraction of sp³-hybridized carbons (Fsp3) is 0.538. The van der Waals surface area contributed by atoms with Gasteiger partial charge in [0.05, 0.1) is 11.0 Å². The van der Waals surface area contributed by atoms with Gasteiger partial charge in [-0.2, -0.15) is 0 Å². The van der Waals surface area contributed by atoms with Crippen LogP contribution in [0.15, 0.2) is 24.3 Å². The molecule has 1 aliphatic carbocycles. The molecular weight excluding hydrogens is 248 g/mol. The van der Waals surface area contributed by atoms with Crippen LogP contribution in [0.3, 0.4) is 0 Å². The van der Waals surface area contributed by atoms with E-state index in [0.29, 0.717) is 31.4 Å². The average molecular weight is 266 g/mol. The van der Waals surface area contributed by atoms with E-state index >= 15 is 0 Å². The van der Waals surface area contributed by atoms with Crippen LogP contribution >= 0.6 is 0 Å². The fourth-order valence-electron chi connectivity index (χ4n) is 1.80. The minimum atomic E-state index is -0.440. The van der Waals surface area contributed by atoms with Crippen molar-refractivity contribution in [1.82, 2.24) is 5.32 Å². The smallest absolute Gasteiger partial charge is 0.269 e. The van der Waals surface area contributed by atoms with Crippen LogP contribution in [0.2, 0.25) is 0 Å². The first kappa shape index (κ1) is 13.8. The number of aliphatic hydroxyl groups is 1. The summed E-state index contributed by atoms with van der Waals surface area (Å²) in [5, 5.41) is 23.2. The van der Waals surface area contributed by atoms with Crippen LogP contribution in [0.4, 0.5) is 5.69 Å². The van der Waals surface area contributed by atoms with Crippen LogP contribution in [0.25, 0.3) is 0 Å². The Bertz CT molecular complexity index is 417. The highest BCUT2D eigenvalue weighted by Crippen LogP contribution is 2.32. The number of rotatable bonds is 8. The summed E-state index contributed by atoms with van der Waals surface area (Å²) in [6.07, 6.45) is 2.00. The summed E-state index contributed by atoms with van der Waals surface area (Å²) in [5.41, 5.74) is 0.0537. The van der Waals surface area contributed by atoms with Gasteiger partial charge < -0.3 is 15.2 Å². The molecule has 0 radical (unpaired) electrons. The molecule has 19 heavy (non-hydrogen) atoms. The zero-order valence-corrected chi connectivity index (χ0v) is 10.6. The second-order valence-electron chi connectivity index (χ2n) is 4.71. The number of nitro groups is 1. The Morgan fingerprint density at radius 1 is 1.42 bits per heavy atom. The molecule has 2 rings (SSSR count). The van der Waals surface area contributed by atoms with Gasteiger partial charge in [-0.1, -0.05) is 0 Å². The summed E-state index contributed by atoms with van der Waals surface area (Å²) in [4.78, 5) is 10.0. The van der Waals surface area contributed by atoms with Crippen LogP contribution in [-0.4, -0.2) is 35.8 Å². The van der Waals surface area contributed by atoms with Gasteiger partial charge in [0.1, 0.15) is 12.4 Å². The summed E-state index contributed by atoms with van der Waals surface area (Å²) in [6, 6.07) is 5.99. The van der Waals surface area contributed by atoms with E-state index in [1.165, 1.54) is 12.1 Å². The van der Waals surface area contributed by atoms with Gasteiger partial charge in [0.25, 0.3) is 5.69 Å². The maximum Gasteiger partial charge on any atom is 0.269 e. The lowest BCUT2D eigenvalue weighted by Gasteiger charge is -2.11. The molecule has 0 amide bonds. The van der Waals surface area contributed by atoms with E-state index in [1.807, 2.05) is 0 Å². The van der Waals surface area contributed by atoms with Crippen LogP contribution in [-0.2, 0) is 0 Å². The van der Waals surface area contributed by atoms with Gasteiger partial charge in [0.2, 0.25) is 0 Å². The van der Waals surface area contributed by atoms with E-state index in [9.17, 15) is 15.2 Å². The SMILES string of the molecule is O=[N+]([O-])c1ccc(OCCNCC(O)C2CC2)cc1.